The van der Waals surface area contributed by atoms with Crippen molar-refractivity contribution in [1.82, 2.24) is 4.90 Å². The van der Waals surface area contributed by atoms with Gasteiger partial charge in [0.25, 0.3) is 0 Å². The normalized spacial score (nSPS) is 15.0. The monoisotopic (exact) mass is 298 g/mol. The van der Waals surface area contributed by atoms with Gasteiger partial charge in [0.1, 0.15) is 5.75 Å². The Morgan fingerprint density at radius 1 is 1.33 bits per heavy atom. The minimum absolute atomic E-state index is 0.0774. The van der Waals surface area contributed by atoms with E-state index >= 15 is 0 Å². The van der Waals surface area contributed by atoms with Crippen LogP contribution >= 0.6 is 0 Å². The van der Waals surface area contributed by atoms with Crippen molar-refractivity contribution in [3.63, 3.8) is 0 Å². The van der Waals surface area contributed by atoms with E-state index in [-0.39, 0.29) is 6.04 Å². The number of hydrogen-bond acceptors (Lipinski definition) is 3. The minimum Gasteiger partial charge on any atom is -0.494 e. The zero-order valence-electron chi connectivity index (χ0n) is 11.6. The quantitative estimate of drug-likeness (QED) is 0.724. The van der Waals surface area contributed by atoms with E-state index in [1.54, 1.807) is 24.3 Å². The molecule has 1 aromatic carbocycles. The van der Waals surface area contributed by atoms with Crippen LogP contribution in [0.2, 0.25) is 0 Å². The highest BCUT2D eigenvalue weighted by atomic mass is 19.4. The maximum Gasteiger partial charge on any atom is 0.401 e. The number of benzene rings is 1. The lowest BCUT2D eigenvalue weighted by Gasteiger charge is -2.23. The molecule has 1 aliphatic carbocycles. The van der Waals surface area contributed by atoms with Gasteiger partial charge < -0.3 is 4.74 Å². The Balaban J connectivity index is 1.74. The molecule has 1 fully saturated rings. The first-order chi connectivity index (χ1) is 9.98. The summed E-state index contributed by atoms with van der Waals surface area (Å²) >= 11 is 0. The first-order valence-electron chi connectivity index (χ1n) is 6.92. The zero-order valence-corrected chi connectivity index (χ0v) is 11.6. The molecule has 2 rings (SSSR count). The number of hydrogen-bond donors (Lipinski definition) is 0. The lowest BCUT2D eigenvalue weighted by Crippen LogP contribution is -2.37. The minimum atomic E-state index is -4.15. The second-order valence-corrected chi connectivity index (χ2v) is 5.16. The molecule has 0 aliphatic heterocycles. The smallest absolute Gasteiger partial charge is 0.401 e. The highest BCUT2D eigenvalue weighted by molar-refractivity contribution is 5.36. The Morgan fingerprint density at radius 3 is 2.71 bits per heavy atom. The van der Waals surface area contributed by atoms with E-state index < -0.39 is 12.7 Å². The fourth-order valence-corrected chi connectivity index (χ4v) is 2.17. The van der Waals surface area contributed by atoms with Crippen molar-refractivity contribution < 1.29 is 17.9 Å². The topological polar surface area (TPSA) is 36.3 Å². The van der Waals surface area contributed by atoms with Crippen LogP contribution in [0.4, 0.5) is 13.2 Å². The lowest BCUT2D eigenvalue weighted by atomic mass is 10.2. The van der Waals surface area contributed by atoms with Crippen molar-refractivity contribution in [2.24, 2.45) is 0 Å². The molecular formula is C15H17F3N2O. The third-order valence-corrected chi connectivity index (χ3v) is 3.27. The average Bonchev–Trinajstić information content (AvgIpc) is 3.25. The summed E-state index contributed by atoms with van der Waals surface area (Å²) in [7, 11) is 0. The zero-order chi connectivity index (χ0) is 15.3. The van der Waals surface area contributed by atoms with Crippen molar-refractivity contribution in [3.05, 3.63) is 29.8 Å². The van der Waals surface area contributed by atoms with Gasteiger partial charge in [0, 0.05) is 12.6 Å². The van der Waals surface area contributed by atoms with Crippen LogP contribution in [-0.2, 0) is 0 Å². The Labute approximate surface area is 121 Å². The van der Waals surface area contributed by atoms with Gasteiger partial charge in [0.15, 0.2) is 0 Å². The molecule has 0 spiro atoms. The lowest BCUT2D eigenvalue weighted by molar-refractivity contribution is -0.147. The second kappa shape index (κ2) is 6.81. The van der Waals surface area contributed by atoms with Crippen LogP contribution in [0, 0.1) is 11.3 Å². The molecular weight excluding hydrogens is 281 g/mol. The summed E-state index contributed by atoms with van der Waals surface area (Å²) in [6.45, 7) is -0.125. The van der Waals surface area contributed by atoms with Crippen LogP contribution in [0.3, 0.4) is 0 Å². The summed E-state index contributed by atoms with van der Waals surface area (Å²) < 4.78 is 42.8. The highest BCUT2D eigenvalue weighted by Gasteiger charge is 2.37. The largest absolute Gasteiger partial charge is 0.494 e. The number of nitriles is 1. The second-order valence-electron chi connectivity index (χ2n) is 5.16. The van der Waals surface area contributed by atoms with Gasteiger partial charge in [-0.15, -0.1) is 0 Å². The van der Waals surface area contributed by atoms with Crippen LogP contribution in [0.5, 0.6) is 5.75 Å². The molecule has 6 heteroatoms. The van der Waals surface area contributed by atoms with Gasteiger partial charge in [0.05, 0.1) is 24.8 Å². The van der Waals surface area contributed by atoms with E-state index in [0.717, 1.165) is 12.8 Å². The van der Waals surface area contributed by atoms with Crippen LogP contribution in [0.1, 0.15) is 24.8 Å². The molecule has 3 nitrogen and oxygen atoms in total. The van der Waals surface area contributed by atoms with Crippen molar-refractivity contribution in [2.75, 3.05) is 19.7 Å². The summed E-state index contributed by atoms with van der Waals surface area (Å²) in [5.41, 5.74) is 0.504. The molecule has 0 N–H and O–H groups in total. The fourth-order valence-electron chi connectivity index (χ4n) is 2.17. The molecule has 0 heterocycles. The highest BCUT2D eigenvalue weighted by Crippen LogP contribution is 2.30. The van der Waals surface area contributed by atoms with Crippen molar-refractivity contribution >= 4 is 0 Å². The Bertz CT molecular complexity index is 506. The summed E-state index contributed by atoms with van der Waals surface area (Å²) in [5, 5.41) is 8.76. The van der Waals surface area contributed by atoms with Gasteiger partial charge in [-0.05, 0) is 37.5 Å². The molecule has 1 saturated carbocycles. The number of rotatable bonds is 7. The van der Waals surface area contributed by atoms with Crippen LogP contribution in [-0.4, -0.2) is 36.8 Å². The Kier molecular flexibility index (Phi) is 5.07. The van der Waals surface area contributed by atoms with Gasteiger partial charge in [-0.2, -0.15) is 18.4 Å². The Morgan fingerprint density at radius 2 is 2.10 bits per heavy atom. The maximum absolute atomic E-state index is 12.4. The molecule has 0 saturated heterocycles. The van der Waals surface area contributed by atoms with Gasteiger partial charge in [-0.25, -0.2) is 0 Å². The van der Waals surface area contributed by atoms with Crippen LogP contribution in [0.25, 0.3) is 0 Å². The van der Waals surface area contributed by atoms with E-state index in [0.29, 0.717) is 30.9 Å². The third kappa shape index (κ3) is 5.64. The van der Waals surface area contributed by atoms with Crippen molar-refractivity contribution in [3.8, 4) is 11.8 Å². The van der Waals surface area contributed by atoms with E-state index in [2.05, 4.69) is 0 Å². The number of nitrogens with zero attached hydrogens (tertiary/aromatic N) is 2. The van der Waals surface area contributed by atoms with E-state index in [9.17, 15) is 13.2 Å². The molecule has 0 amide bonds. The fraction of sp³-hybridized carbons (Fsp3) is 0.533. The number of halogens is 3. The van der Waals surface area contributed by atoms with E-state index in [1.165, 1.54) is 4.90 Å². The van der Waals surface area contributed by atoms with E-state index in [4.69, 9.17) is 10.00 Å². The first kappa shape index (κ1) is 15.6. The average molecular weight is 298 g/mol. The molecule has 21 heavy (non-hydrogen) atoms. The van der Waals surface area contributed by atoms with Crippen molar-refractivity contribution in [1.29, 1.82) is 5.26 Å². The van der Waals surface area contributed by atoms with Crippen molar-refractivity contribution in [2.45, 2.75) is 31.5 Å². The summed E-state index contributed by atoms with van der Waals surface area (Å²) in [6.07, 6.45) is -1.92. The van der Waals surface area contributed by atoms with Gasteiger partial charge in [-0.1, -0.05) is 6.07 Å². The molecule has 0 aromatic heterocycles. The predicted molar refractivity (Wildman–Crippen MR) is 71.9 cm³/mol. The van der Waals surface area contributed by atoms with Crippen LogP contribution in [0.15, 0.2) is 24.3 Å². The molecule has 0 bridgehead atoms. The Hall–Kier alpha value is -1.74. The van der Waals surface area contributed by atoms with Crippen LogP contribution < -0.4 is 4.74 Å². The third-order valence-electron chi connectivity index (χ3n) is 3.27. The maximum atomic E-state index is 12.4. The molecule has 1 aliphatic rings. The predicted octanol–water partition coefficient (Wildman–Crippen LogP) is 3.35. The van der Waals surface area contributed by atoms with E-state index in [1.807, 2.05) is 6.07 Å². The number of ether oxygens (including phenoxy) is 1. The molecule has 114 valence electrons. The van der Waals surface area contributed by atoms with Gasteiger partial charge in [0.2, 0.25) is 0 Å². The molecule has 0 unspecified atom stereocenters. The summed E-state index contributed by atoms with van der Waals surface area (Å²) in [5.74, 6) is 0.572. The molecule has 1 aromatic rings. The molecule has 0 atom stereocenters. The van der Waals surface area contributed by atoms with Gasteiger partial charge in [-0.3, -0.25) is 4.90 Å². The first-order valence-corrected chi connectivity index (χ1v) is 6.92. The SMILES string of the molecule is N#Cc1cccc(OCCCN(CC(F)(F)F)C2CC2)c1. The standard InChI is InChI=1S/C15H17F3N2O/c16-15(17,18)11-20(13-5-6-13)7-2-8-21-14-4-1-3-12(9-14)10-19/h1,3-4,9,13H,2,5-8,11H2. The van der Waals surface area contributed by atoms with Gasteiger partial charge >= 0.3 is 6.18 Å². The molecule has 0 radical (unpaired) electrons. The summed E-state index contributed by atoms with van der Waals surface area (Å²) in [6, 6.07) is 8.83. The summed E-state index contributed by atoms with van der Waals surface area (Å²) in [4.78, 5) is 1.48. The number of alkyl halides is 3.